The molecule has 1 aromatic heterocycles. The van der Waals surface area contributed by atoms with Gasteiger partial charge in [-0.25, -0.2) is 9.97 Å². The SMILES string of the molecule is COCCN(CC=CC(=O)Nc1ncc2ccc(OCC3CC3)cc2n1)CCOC. The molecule has 1 aliphatic rings. The highest BCUT2D eigenvalue weighted by Gasteiger charge is 2.21. The highest BCUT2D eigenvalue weighted by molar-refractivity contribution is 5.98. The normalized spacial score (nSPS) is 14.0. The molecule has 1 heterocycles. The van der Waals surface area contributed by atoms with Crippen molar-refractivity contribution < 1.29 is 19.0 Å². The number of methoxy groups -OCH3 is 2. The molecule has 1 aliphatic carbocycles. The fourth-order valence-corrected chi connectivity index (χ4v) is 2.85. The predicted molar refractivity (Wildman–Crippen MR) is 116 cm³/mol. The van der Waals surface area contributed by atoms with Crippen LogP contribution in [0.5, 0.6) is 5.75 Å². The van der Waals surface area contributed by atoms with Gasteiger partial charge in [-0.05, 0) is 30.9 Å². The summed E-state index contributed by atoms with van der Waals surface area (Å²) >= 11 is 0. The smallest absolute Gasteiger partial charge is 0.250 e. The zero-order chi connectivity index (χ0) is 21.2. The number of ether oxygens (including phenoxy) is 3. The third-order valence-electron chi connectivity index (χ3n) is 4.83. The molecule has 0 saturated heterocycles. The second kappa shape index (κ2) is 11.6. The Hall–Kier alpha value is -2.55. The average molecular weight is 415 g/mol. The van der Waals surface area contributed by atoms with Crippen molar-refractivity contribution in [2.24, 2.45) is 5.92 Å². The number of nitrogens with zero attached hydrogens (tertiary/aromatic N) is 3. The van der Waals surface area contributed by atoms with Crippen LogP contribution in [0.2, 0.25) is 0 Å². The van der Waals surface area contributed by atoms with E-state index in [2.05, 4.69) is 20.2 Å². The highest BCUT2D eigenvalue weighted by Crippen LogP contribution is 2.30. The molecule has 1 aromatic carbocycles. The number of fused-ring (bicyclic) bond motifs is 1. The van der Waals surface area contributed by atoms with E-state index in [9.17, 15) is 4.79 Å². The number of nitrogens with one attached hydrogen (secondary N) is 1. The lowest BCUT2D eigenvalue weighted by molar-refractivity contribution is -0.112. The summed E-state index contributed by atoms with van der Waals surface area (Å²) in [5.74, 6) is 1.48. The monoisotopic (exact) mass is 414 g/mol. The van der Waals surface area contributed by atoms with Crippen molar-refractivity contribution in [3.8, 4) is 5.75 Å². The third-order valence-corrected chi connectivity index (χ3v) is 4.83. The van der Waals surface area contributed by atoms with Gasteiger partial charge < -0.3 is 14.2 Å². The molecule has 0 spiro atoms. The quantitative estimate of drug-likeness (QED) is 0.504. The summed E-state index contributed by atoms with van der Waals surface area (Å²) in [5.41, 5.74) is 0.739. The largest absolute Gasteiger partial charge is 0.493 e. The first-order valence-corrected chi connectivity index (χ1v) is 10.3. The van der Waals surface area contributed by atoms with Gasteiger partial charge in [-0.15, -0.1) is 0 Å². The van der Waals surface area contributed by atoms with Gasteiger partial charge >= 0.3 is 0 Å². The van der Waals surface area contributed by atoms with E-state index in [1.165, 1.54) is 18.9 Å². The Morgan fingerprint density at radius 2 is 2.00 bits per heavy atom. The van der Waals surface area contributed by atoms with Gasteiger partial charge in [0.15, 0.2) is 0 Å². The second-order valence-electron chi connectivity index (χ2n) is 7.35. The van der Waals surface area contributed by atoms with Crippen LogP contribution in [0.3, 0.4) is 0 Å². The first-order chi connectivity index (χ1) is 14.7. The molecule has 0 bridgehead atoms. The number of carbonyl (C=O) groups is 1. The lowest BCUT2D eigenvalue weighted by Gasteiger charge is -2.19. The zero-order valence-corrected chi connectivity index (χ0v) is 17.7. The summed E-state index contributed by atoms with van der Waals surface area (Å²) in [7, 11) is 3.34. The van der Waals surface area contributed by atoms with Crippen molar-refractivity contribution in [2.75, 3.05) is 59.0 Å². The van der Waals surface area contributed by atoms with Gasteiger partial charge in [0, 0.05) is 57.6 Å². The minimum atomic E-state index is -0.270. The van der Waals surface area contributed by atoms with Crippen LogP contribution in [0.4, 0.5) is 5.95 Å². The van der Waals surface area contributed by atoms with Crippen molar-refractivity contribution in [3.63, 3.8) is 0 Å². The Balaban J connectivity index is 1.54. The van der Waals surface area contributed by atoms with E-state index in [0.29, 0.717) is 25.7 Å². The molecule has 8 nitrogen and oxygen atoms in total. The van der Waals surface area contributed by atoms with Crippen molar-refractivity contribution in [1.29, 1.82) is 0 Å². The Kier molecular flexibility index (Phi) is 8.55. The van der Waals surface area contributed by atoms with Crippen LogP contribution in [0.25, 0.3) is 10.9 Å². The summed E-state index contributed by atoms with van der Waals surface area (Å²) in [4.78, 5) is 23.1. The van der Waals surface area contributed by atoms with E-state index in [4.69, 9.17) is 14.2 Å². The molecular formula is C22H30N4O4. The van der Waals surface area contributed by atoms with Crippen LogP contribution < -0.4 is 10.1 Å². The minimum Gasteiger partial charge on any atom is -0.493 e. The van der Waals surface area contributed by atoms with Gasteiger partial charge in [-0.1, -0.05) is 6.08 Å². The molecule has 0 atom stereocenters. The molecule has 1 fully saturated rings. The summed E-state index contributed by atoms with van der Waals surface area (Å²) < 4.78 is 16.1. The van der Waals surface area contributed by atoms with Crippen molar-refractivity contribution >= 4 is 22.8 Å². The molecule has 1 saturated carbocycles. The predicted octanol–water partition coefficient (Wildman–Crippen LogP) is 2.51. The maximum Gasteiger partial charge on any atom is 0.250 e. The lowest BCUT2D eigenvalue weighted by atomic mass is 10.2. The van der Waals surface area contributed by atoms with E-state index >= 15 is 0 Å². The number of amides is 1. The molecule has 0 unspecified atom stereocenters. The number of rotatable bonds is 13. The summed E-state index contributed by atoms with van der Waals surface area (Å²) in [5, 5.41) is 3.61. The van der Waals surface area contributed by atoms with E-state index in [1.807, 2.05) is 24.3 Å². The first-order valence-electron chi connectivity index (χ1n) is 10.3. The molecule has 1 amide bonds. The van der Waals surface area contributed by atoms with Gasteiger partial charge in [-0.3, -0.25) is 15.0 Å². The fourth-order valence-electron chi connectivity index (χ4n) is 2.85. The average Bonchev–Trinajstić information content (AvgIpc) is 3.58. The van der Waals surface area contributed by atoms with E-state index in [0.717, 1.165) is 36.3 Å². The minimum absolute atomic E-state index is 0.270. The summed E-state index contributed by atoms with van der Waals surface area (Å²) in [6.45, 7) is 4.16. The Labute approximate surface area is 177 Å². The topological polar surface area (TPSA) is 85.8 Å². The molecule has 30 heavy (non-hydrogen) atoms. The first kappa shape index (κ1) is 22.1. The van der Waals surface area contributed by atoms with Gasteiger partial charge in [0.05, 0.1) is 25.3 Å². The van der Waals surface area contributed by atoms with Crippen LogP contribution in [0.1, 0.15) is 12.8 Å². The van der Waals surface area contributed by atoms with E-state index < -0.39 is 0 Å². The van der Waals surface area contributed by atoms with Gasteiger partial charge in [0.1, 0.15) is 5.75 Å². The number of benzene rings is 1. The molecule has 162 valence electrons. The Morgan fingerprint density at radius 1 is 1.23 bits per heavy atom. The van der Waals surface area contributed by atoms with Crippen LogP contribution in [-0.4, -0.2) is 74.4 Å². The molecule has 0 aliphatic heterocycles. The number of aromatic nitrogens is 2. The Morgan fingerprint density at radius 3 is 2.70 bits per heavy atom. The zero-order valence-electron chi connectivity index (χ0n) is 17.7. The summed E-state index contributed by atoms with van der Waals surface area (Å²) in [6, 6.07) is 5.74. The van der Waals surface area contributed by atoms with Crippen LogP contribution >= 0.6 is 0 Å². The Bertz CT molecular complexity index is 846. The van der Waals surface area contributed by atoms with Crippen molar-refractivity contribution in [1.82, 2.24) is 14.9 Å². The van der Waals surface area contributed by atoms with Gasteiger partial charge in [0.2, 0.25) is 11.9 Å². The third kappa shape index (κ3) is 7.37. The fraction of sp³-hybridized carbons (Fsp3) is 0.500. The molecule has 8 heteroatoms. The van der Waals surface area contributed by atoms with Crippen LogP contribution in [0.15, 0.2) is 36.5 Å². The molecule has 1 N–H and O–H groups in total. The van der Waals surface area contributed by atoms with E-state index in [-0.39, 0.29) is 11.9 Å². The maximum atomic E-state index is 12.2. The van der Waals surface area contributed by atoms with Crippen molar-refractivity contribution in [3.05, 3.63) is 36.5 Å². The highest BCUT2D eigenvalue weighted by atomic mass is 16.5. The maximum absolute atomic E-state index is 12.2. The van der Waals surface area contributed by atoms with Crippen LogP contribution in [-0.2, 0) is 14.3 Å². The lowest BCUT2D eigenvalue weighted by Crippen LogP contribution is -2.31. The summed E-state index contributed by atoms with van der Waals surface area (Å²) in [6.07, 6.45) is 7.50. The number of carbonyl (C=O) groups excluding carboxylic acids is 1. The van der Waals surface area contributed by atoms with Crippen molar-refractivity contribution in [2.45, 2.75) is 12.8 Å². The number of anilines is 1. The van der Waals surface area contributed by atoms with Gasteiger partial charge in [-0.2, -0.15) is 0 Å². The number of hydrogen-bond donors (Lipinski definition) is 1. The van der Waals surface area contributed by atoms with Crippen LogP contribution in [0, 0.1) is 5.92 Å². The van der Waals surface area contributed by atoms with Gasteiger partial charge in [0.25, 0.3) is 0 Å². The molecular weight excluding hydrogens is 384 g/mol. The standard InChI is InChI=1S/C22H30N4O4/c1-28-12-10-26(11-13-29-2)9-3-4-21(27)25-22-23-15-18-7-8-19(14-20(18)24-22)30-16-17-5-6-17/h3-4,7-8,14-15,17H,5-6,9-13,16H2,1-2H3,(H,23,24,25,27). The number of hydrogen-bond acceptors (Lipinski definition) is 7. The molecule has 3 rings (SSSR count). The molecule has 0 radical (unpaired) electrons. The second-order valence-corrected chi connectivity index (χ2v) is 7.35. The van der Waals surface area contributed by atoms with E-state index in [1.54, 1.807) is 20.4 Å². The molecule has 2 aromatic rings.